The van der Waals surface area contributed by atoms with Gasteiger partial charge in [-0.1, -0.05) is 0 Å². The molecule has 1 rings (SSSR count). The largest absolute Gasteiger partial charge is 0.415 e. The lowest BCUT2D eigenvalue weighted by Crippen LogP contribution is -2.65. The molecule has 0 aromatic carbocycles. The van der Waals surface area contributed by atoms with Gasteiger partial charge in [-0.3, -0.25) is 4.79 Å². The first kappa shape index (κ1) is 18.5. The third-order valence-corrected chi connectivity index (χ3v) is 4.29. The predicted molar refractivity (Wildman–Crippen MR) is 79.4 cm³/mol. The highest BCUT2D eigenvalue weighted by molar-refractivity contribution is 6.69. The fraction of sp³-hybridized carbons (Fsp3) is 0.923. The molecule has 21 heavy (non-hydrogen) atoms. The molecule has 7 nitrogen and oxygen atoms in total. The van der Waals surface area contributed by atoms with Gasteiger partial charge in [-0.25, -0.2) is 0 Å². The molecule has 124 valence electrons. The van der Waals surface area contributed by atoms with E-state index in [0.717, 1.165) is 0 Å². The second-order valence-corrected chi connectivity index (χ2v) is 10.6. The molecule has 5 atom stereocenters. The number of aliphatic hydroxyl groups is 1. The molecule has 1 saturated heterocycles. The van der Waals surface area contributed by atoms with Crippen molar-refractivity contribution < 1.29 is 28.5 Å². The van der Waals surface area contributed by atoms with Gasteiger partial charge in [0.15, 0.2) is 14.6 Å². The van der Waals surface area contributed by atoms with Gasteiger partial charge in [0.1, 0.15) is 24.4 Å². The lowest BCUT2D eigenvalue weighted by atomic mass is 9.96. The quantitative estimate of drug-likeness (QED) is 0.674. The fourth-order valence-electron chi connectivity index (χ4n) is 2.34. The van der Waals surface area contributed by atoms with E-state index < -0.39 is 39.0 Å². The Morgan fingerprint density at radius 2 is 1.81 bits per heavy atom. The molecule has 8 heteroatoms. The second-order valence-electron chi connectivity index (χ2n) is 6.12. The molecule has 0 aromatic rings. The van der Waals surface area contributed by atoms with E-state index in [0.29, 0.717) is 6.61 Å². The van der Waals surface area contributed by atoms with Crippen LogP contribution in [0, 0.1) is 0 Å². The zero-order valence-electron chi connectivity index (χ0n) is 13.6. The van der Waals surface area contributed by atoms with Crippen molar-refractivity contribution in [1.29, 1.82) is 0 Å². The van der Waals surface area contributed by atoms with Crippen LogP contribution in [0.3, 0.4) is 0 Å². The van der Waals surface area contributed by atoms with Crippen LogP contribution in [0.15, 0.2) is 0 Å². The molecular formula is C13H27NO6Si. The number of amides is 1. The van der Waals surface area contributed by atoms with E-state index in [9.17, 15) is 9.90 Å². The molecule has 1 amide bonds. The van der Waals surface area contributed by atoms with Crippen molar-refractivity contribution in [2.45, 2.75) is 57.2 Å². The molecule has 0 radical (unpaired) electrons. The van der Waals surface area contributed by atoms with Gasteiger partial charge in [-0.15, -0.1) is 0 Å². The second kappa shape index (κ2) is 7.66. The average molecular weight is 321 g/mol. The first-order chi connectivity index (χ1) is 9.69. The monoisotopic (exact) mass is 321 g/mol. The van der Waals surface area contributed by atoms with Crippen molar-refractivity contribution in [2.75, 3.05) is 20.8 Å². The molecule has 1 aliphatic heterocycles. The van der Waals surface area contributed by atoms with Crippen LogP contribution in [-0.4, -0.2) is 70.8 Å². The van der Waals surface area contributed by atoms with Crippen molar-refractivity contribution in [3.05, 3.63) is 0 Å². The zero-order valence-corrected chi connectivity index (χ0v) is 14.6. The Morgan fingerprint density at radius 1 is 1.24 bits per heavy atom. The Kier molecular flexibility index (Phi) is 6.76. The molecule has 0 aromatic heterocycles. The molecule has 1 fully saturated rings. The van der Waals surface area contributed by atoms with Gasteiger partial charge < -0.3 is 29.1 Å². The first-order valence-electron chi connectivity index (χ1n) is 6.99. The van der Waals surface area contributed by atoms with E-state index in [4.69, 9.17) is 18.6 Å². The summed E-state index contributed by atoms with van der Waals surface area (Å²) in [7, 11) is 1.35. The molecule has 0 aliphatic carbocycles. The van der Waals surface area contributed by atoms with E-state index in [2.05, 4.69) is 25.0 Å². The summed E-state index contributed by atoms with van der Waals surface area (Å²) in [5.74, 6) is -0.267. The third-order valence-electron chi connectivity index (χ3n) is 3.26. The van der Waals surface area contributed by atoms with Gasteiger partial charge in [-0.2, -0.15) is 0 Å². The highest BCUT2D eigenvalue weighted by Crippen LogP contribution is 2.25. The van der Waals surface area contributed by atoms with Crippen molar-refractivity contribution >= 4 is 14.2 Å². The van der Waals surface area contributed by atoms with Crippen molar-refractivity contribution in [1.82, 2.24) is 5.32 Å². The highest BCUT2D eigenvalue weighted by Gasteiger charge is 2.46. The van der Waals surface area contributed by atoms with Crippen LogP contribution in [0.1, 0.15) is 6.92 Å². The molecule has 0 bridgehead atoms. The predicted octanol–water partition coefficient (Wildman–Crippen LogP) is 0.0898. The summed E-state index contributed by atoms with van der Waals surface area (Å²) in [6, 6.07) is -0.680. The van der Waals surface area contributed by atoms with E-state index in [1.165, 1.54) is 14.0 Å². The fourth-order valence-corrected chi connectivity index (χ4v) is 3.00. The van der Waals surface area contributed by atoms with E-state index in [1.807, 2.05) is 0 Å². The molecule has 0 saturated carbocycles. The number of ether oxygens (including phenoxy) is 3. The summed E-state index contributed by atoms with van der Waals surface area (Å²) in [6.07, 6.45) is -2.57. The molecular weight excluding hydrogens is 294 g/mol. The van der Waals surface area contributed by atoms with Crippen molar-refractivity contribution in [2.24, 2.45) is 0 Å². The summed E-state index contributed by atoms with van der Waals surface area (Å²) in [5, 5.41) is 12.8. The number of carbonyl (C=O) groups excluding carboxylic acids is 1. The van der Waals surface area contributed by atoms with Gasteiger partial charge >= 0.3 is 0 Å². The Hall–Kier alpha value is -0.513. The van der Waals surface area contributed by atoms with Crippen molar-refractivity contribution in [3.8, 4) is 0 Å². The normalized spacial score (nSPS) is 33.8. The van der Waals surface area contributed by atoms with Crippen LogP contribution in [-0.2, 0) is 23.4 Å². The van der Waals surface area contributed by atoms with E-state index in [-0.39, 0.29) is 5.91 Å². The number of hydrogen-bond acceptors (Lipinski definition) is 6. The topological polar surface area (TPSA) is 86.3 Å². The molecule has 1 aliphatic rings. The van der Waals surface area contributed by atoms with Gasteiger partial charge in [0.2, 0.25) is 5.91 Å². The van der Waals surface area contributed by atoms with Crippen LogP contribution in [0.5, 0.6) is 0 Å². The maximum atomic E-state index is 11.3. The Balaban J connectivity index is 2.83. The summed E-state index contributed by atoms with van der Waals surface area (Å²) in [6.45, 7) is 7.91. The summed E-state index contributed by atoms with van der Waals surface area (Å²) < 4.78 is 22.3. The average Bonchev–Trinajstić information content (AvgIpc) is 2.37. The lowest BCUT2D eigenvalue weighted by Gasteiger charge is -2.44. The standard InChI is InChI=1S/C13H27NO6Si/c1-8(15)14-10-12(18-3)11(17-2)9(20-13(10)16)7-19-21(4,5)6/h9-13,16H,7H2,1-6H3,(H,14,15)/t9-,10-,11+,12-,13+/m1/s1. The minimum Gasteiger partial charge on any atom is -0.415 e. The lowest BCUT2D eigenvalue weighted by molar-refractivity contribution is -0.262. The van der Waals surface area contributed by atoms with E-state index in [1.54, 1.807) is 7.11 Å². The number of carbonyl (C=O) groups is 1. The number of hydrogen-bond donors (Lipinski definition) is 2. The highest BCUT2D eigenvalue weighted by atomic mass is 28.4. The maximum absolute atomic E-state index is 11.3. The number of nitrogens with one attached hydrogen (secondary N) is 1. The van der Waals surface area contributed by atoms with Crippen LogP contribution in [0.25, 0.3) is 0 Å². The molecule has 2 N–H and O–H groups in total. The summed E-state index contributed by atoms with van der Waals surface area (Å²) in [4.78, 5) is 11.3. The summed E-state index contributed by atoms with van der Waals surface area (Å²) in [5.41, 5.74) is 0. The Bertz CT molecular complexity index is 348. The summed E-state index contributed by atoms with van der Waals surface area (Å²) >= 11 is 0. The number of aliphatic hydroxyl groups excluding tert-OH is 1. The first-order valence-corrected chi connectivity index (χ1v) is 10.4. The van der Waals surface area contributed by atoms with Crippen LogP contribution >= 0.6 is 0 Å². The van der Waals surface area contributed by atoms with Crippen LogP contribution < -0.4 is 5.32 Å². The molecule has 1 heterocycles. The van der Waals surface area contributed by atoms with Gasteiger partial charge in [-0.05, 0) is 19.6 Å². The maximum Gasteiger partial charge on any atom is 0.217 e. The van der Waals surface area contributed by atoms with E-state index >= 15 is 0 Å². The number of rotatable bonds is 6. The van der Waals surface area contributed by atoms with Crippen LogP contribution in [0.2, 0.25) is 19.6 Å². The van der Waals surface area contributed by atoms with Crippen molar-refractivity contribution in [3.63, 3.8) is 0 Å². The Morgan fingerprint density at radius 3 is 2.24 bits per heavy atom. The zero-order chi connectivity index (χ0) is 16.2. The van der Waals surface area contributed by atoms with Gasteiger partial charge in [0.25, 0.3) is 0 Å². The minimum atomic E-state index is -1.71. The number of methoxy groups -OCH3 is 2. The third kappa shape index (κ3) is 5.31. The Labute approximate surface area is 127 Å². The SMILES string of the molecule is CO[C@@H]1[C@@H](NC(C)=O)[C@@H](O)O[C@H](CO[Si](C)(C)C)[C@@H]1OC. The molecule has 0 unspecified atom stereocenters. The van der Waals surface area contributed by atoms with Gasteiger partial charge in [0, 0.05) is 21.1 Å². The molecule has 0 spiro atoms. The minimum absolute atomic E-state index is 0.267. The smallest absolute Gasteiger partial charge is 0.217 e. The van der Waals surface area contributed by atoms with Gasteiger partial charge in [0.05, 0.1) is 6.61 Å². The van der Waals surface area contributed by atoms with Crippen LogP contribution in [0.4, 0.5) is 0 Å².